The maximum absolute atomic E-state index is 12.7. The number of hydrogen-bond acceptors (Lipinski definition) is 6. The highest BCUT2D eigenvalue weighted by molar-refractivity contribution is 7.89. The number of fused-ring (bicyclic) bond motifs is 1. The van der Waals surface area contributed by atoms with Crippen molar-refractivity contribution in [1.82, 2.24) is 14.3 Å². The molecule has 148 valence electrons. The monoisotopic (exact) mass is 415 g/mol. The normalized spacial score (nSPS) is 16.2. The van der Waals surface area contributed by atoms with E-state index in [1.807, 2.05) is 0 Å². The van der Waals surface area contributed by atoms with Gasteiger partial charge in [0.2, 0.25) is 15.9 Å². The van der Waals surface area contributed by atoms with E-state index in [1.54, 1.807) is 0 Å². The SMILES string of the molecule is O=c1[nH]c2cc(S(=O)(=O)N3CC(Oc4cc(C(F)(F)F)ccn4)C3)ccc2o1. The van der Waals surface area contributed by atoms with Crippen LogP contribution in [0.4, 0.5) is 13.2 Å². The van der Waals surface area contributed by atoms with Crippen molar-refractivity contribution >= 4 is 21.1 Å². The van der Waals surface area contributed by atoms with Gasteiger partial charge in [-0.2, -0.15) is 17.5 Å². The van der Waals surface area contributed by atoms with Crippen LogP contribution in [0, 0.1) is 0 Å². The van der Waals surface area contributed by atoms with Gasteiger partial charge in [0.15, 0.2) is 5.58 Å². The Morgan fingerprint density at radius 3 is 2.68 bits per heavy atom. The van der Waals surface area contributed by atoms with Crippen LogP contribution in [0.15, 0.2) is 50.6 Å². The number of hydrogen-bond donors (Lipinski definition) is 1. The molecule has 8 nitrogen and oxygen atoms in total. The van der Waals surface area contributed by atoms with Crippen molar-refractivity contribution in [2.24, 2.45) is 0 Å². The largest absolute Gasteiger partial charge is 0.472 e. The summed E-state index contributed by atoms with van der Waals surface area (Å²) >= 11 is 0. The van der Waals surface area contributed by atoms with Gasteiger partial charge >= 0.3 is 11.9 Å². The first-order valence-electron chi connectivity index (χ1n) is 7.96. The fourth-order valence-electron chi connectivity index (χ4n) is 2.73. The molecule has 0 unspecified atom stereocenters. The first-order valence-corrected chi connectivity index (χ1v) is 9.40. The van der Waals surface area contributed by atoms with Gasteiger partial charge in [0, 0.05) is 12.3 Å². The minimum absolute atomic E-state index is 0.0415. The predicted molar refractivity (Wildman–Crippen MR) is 89.2 cm³/mol. The quantitative estimate of drug-likeness (QED) is 0.699. The van der Waals surface area contributed by atoms with Gasteiger partial charge in [0.25, 0.3) is 0 Å². The molecule has 0 bridgehead atoms. The standard InChI is InChI=1S/C16H12F3N3O5S/c17-16(18,19)9-3-4-20-14(5-9)26-10-7-22(8-10)28(24,25)11-1-2-13-12(6-11)21-15(23)27-13/h1-6,10H,7-8H2,(H,21,23). The van der Waals surface area contributed by atoms with Crippen LogP contribution in [0.3, 0.4) is 0 Å². The minimum Gasteiger partial charge on any atom is -0.472 e. The van der Waals surface area contributed by atoms with E-state index in [2.05, 4.69) is 9.97 Å². The average Bonchev–Trinajstić information content (AvgIpc) is 2.96. The topological polar surface area (TPSA) is 106 Å². The number of benzene rings is 1. The second kappa shape index (κ2) is 6.34. The third kappa shape index (κ3) is 3.36. The summed E-state index contributed by atoms with van der Waals surface area (Å²) in [5.74, 6) is -0.926. The van der Waals surface area contributed by atoms with E-state index >= 15 is 0 Å². The van der Waals surface area contributed by atoms with Crippen molar-refractivity contribution in [3.05, 3.63) is 52.6 Å². The van der Waals surface area contributed by atoms with Crippen LogP contribution in [0.25, 0.3) is 11.1 Å². The Kier molecular flexibility index (Phi) is 4.19. The number of aromatic amines is 1. The number of H-pyrrole nitrogens is 1. The number of nitrogens with zero attached hydrogens (tertiary/aromatic N) is 2. The Labute approximate surface area is 155 Å². The fraction of sp³-hybridized carbons (Fsp3) is 0.250. The summed E-state index contributed by atoms with van der Waals surface area (Å²) in [4.78, 5) is 17.2. The molecule has 1 aliphatic heterocycles. The van der Waals surface area contributed by atoms with E-state index < -0.39 is 33.6 Å². The van der Waals surface area contributed by atoms with Gasteiger partial charge in [-0.15, -0.1) is 0 Å². The number of halogens is 3. The highest BCUT2D eigenvalue weighted by Crippen LogP contribution is 2.31. The van der Waals surface area contributed by atoms with Gasteiger partial charge in [0.05, 0.1) is 29.1 Å². The summed E-state index contributed by atoms with van der Waals surface area (Å²) in [5, 5.41) is 0. The summed E-state index contributed by atoms with van der Waals surface area (Å²) in [6.07, 6.45) is -4.17. The van der Waals surface area contributed by atoms with Crippen molar-refractivity contribution in [3.8, 4) is 5.88 Å². The highest BCUT2D eigenvalue weighted by atomic mass is 32.2. The Bertz CT molecular complexity index is 1200. The van der Waals surface area contributed by atoms with Crippen LogP contribution in [-0.4, -0.2) is 41.9 Å². The Morgan fingerprint density at radius 2 is 1.96 bits per heavy atom. The van der Waals surface area contributed by atoms with E-state index in [0.717, 1.165) is 22.6 Å². The zero-order valence-electron chi connectivity index (χ0n) is 13.9. The van der Waals surface area contributed by atoms with Crippen LogP contribution in [-0.2, 0) is 16.2 Å². The fourth-order valence-corrected chi connectivity index (χ4v) is 4.26. The number of ether oxygens (including phenoxy) is 1. The number of oxazole rings is 1. The van der Waals surface area contributed by atoms with Crippen molar-refractivity contribution in [2.75, 3.05) is 13.1 Å². The molecule has 0 saturated carbocycles. The molecular weight excluding hydrogens is 403 g/mol. The first-order chi connectivity index (χ1) is 13.1. The Balaban J connectivity index is 1.46. The van der Waals surface area contributed by atoms with Gasteiger partial charge in [-0.3, -0.25) is 4.98 Å². The molecule has 0 atom stereocenters. The summed E-state index contributed by atoms with van der Waals surface area (Å²) in [7, 11) is -3.85. The molecule has 4 rings (SSSR count). The molecule has 0 aliphatic carbocycles. The molecule has 0 radical (unpaired) electrons. The molecule has 2 aromatic heterocycles. The lowest BCUT2D eigenvalue weighted by Gasteiger charge is -2.37. The predicted octanol–water partition coefficient (Wildman–Crippen LogP) is 1.99. The summed E-state index contributed by atoms with van der Waals surface area (Å²) in [6.45, 7) is -0.0829. The molecule has 1 aliphatic rings. The maximum Gasteiger partial charge on any atom is 0.417 e. The van der Waals surface area contributed by atoms with Crippen molar-refractivity contribution in [1.29, 1.82) is 0 Å². The van der Waals surface area contributed by atoms with Crippen LogP contribution in [0.5, 0.6) is 5.88 Å². The molecule has 1 aromatic carbocycles. The second-order valence-electron chi connectivity index (χ2n) is 6.11. The van der Waals surface area contributed by atoms with E-state index in [9.17, 15) is 26.4 Å². The molecule has 3 aromatic rings. The minimum atomic E-state index is -4.53. The molecular formula is C16H12F3N3O5S. The van der Waals surface area contributed by atoms with Gasteiger partial charge in [0.1, 0.15) is 6.10 Å². The number of alkyl halides is 3. The number of aromatic nitrogens is 2. The number of nitrogens with one attached hydrogen (secondary N) is 1. The molecule has 0 amide bonds. The number of sulfonamides is 1. The van der Waals surface area contributed by atoms with Gasteiger partial charge < -0.3 is 9.15 Å². The molecule has 1 saturated heterocycles. The zero-order chi connectivity index (χ0) is 20.1. The Hall–Kier alpha value is -2.86. The van der Waals surface area contributed by atoms with Crippen LogP contribution >= 0.6 is 0 Å². The highest BCUT2D eigenvalue weighted by Gasteiger charge is 2.39. The molecule has 28 heavy (non-hydrogen) atoms. The molecule has 1 fully saturated rings. The lowest BCUT2D eigenvalue weighted by molar-refractivity contribution is -0.137. The van der Waals surface area contributed by atoms with E-state index in [0.29, 0.717) is 0 Å². The number of pyridine rings is 1. The number of rotatable bonds is 4. The summed E-state index contributed by atoms with van der Waals surface area (Å²) < 4.78 is 74.7. The molecule has 1 N–H and O–H groups in total. The van der Waals surface area contributed by atoms with Crippen molar-refractivity contribution in [3.63, 3.8) is 0 Å². The van der Waals surface area contributed by atoms with E-state index in [1.165, 1.54) is 18.2 Å². The van der Waals surface area contributed by atoms with E-state index in [4.69, 9.17) is 9.15 Å². The van der Waals surface area contributed by atoms with E-state index in [-0.39, 0.29) is 35.0 Å². The van der Waals surface area contributed by atoms with Gasteiger partial charge in [-0.1, -0.05) is 0 Å². The smallest absolute Gasteiger partial charge is 0.417 e. The van der Waals surface area contributed by atoms with Crippen molar-refractivity contribution < 1.29 is 30.7 Å². The first kappa shape index (κ1) is 18.5. The zero-order valence-corrected chi connectivity index (χ0v) is 14.7. The lowest BCUT2D eigenvalue weighted by Crippen LogP contribution is -2.56. The van der Waals surface area contributed by atoms with Gasteiger partial charge in [-0.25, -0.2) is 18.2 Å². The molecule has 3 heterocycles. The average molecular weight is 415 g/mol. The molecule has 0 spiro atoms. The third-order valence-corrected chi connectivity index (χ3v) is 6.02. The lowest BCUT2D eigenvalue weighted by atomic mass is 10.2. The maximum atomic E-state index is 12.7. The van der Waals surface area contributed by atoms with Crippen LogP contribution < -0.4 is 10.5 Å². The summed E-state index contributed by atoms with van der Waals surface area (Å²) in [6, 6.07) is 5.52. The Morgan fingerprint density at radius 1 is 1.21 bits per heavy atom. The molecule has 12 heteroatoms. The van der Waals surface area contributed by atoms with Crippen LogP contribution in [0.1, 0.15) is 5.56 Å². The van der Waals surface area contributed by atoms with Crippen molar-refractivity contribution in [2.45, 2.75) is 17.2 Å². The van der Waals surface area contributed by atoms with Crippen LogP contribution in [0.2, 0.25) is 0 Å². The second-order valence-corrected chi connectivity index (χ2v) is 8.05. The third-order valence-electron chi connectivity index (χ3n) is 4.19. The van der Waals surface area contributed by atoms with Gasteiger partial charge in [-0.05, 0) is 24.3 Å². The summed E-state index contributed by atoms with van der Waals surface area (Å²) in [5.41, 5.74) is -0.430.